The second kappa shape index (κ2) is 5.54. The standard InChI is InChI=1S/C17H26O2/c1-12(2)19-14-9-7-13(8-10-14)16(18)15-6-5-11-17(15,3)4/h7-10,12,15-16,18H,5-6,11H2,1-4H3. The third kappa shape index (κ3) is 3.30. The molecule has 1 saturated carbocycles. The summed E-state index contributed by atoms with van der Waals surface area (Å²) in [5, 5.41) is 10.6. The quantitative estimate of drug-likeness (QED) is 0.875. The Morgan fingerprint density at radius 1 is 1.21 bits per heavy atom. The molecule has 2 unspecified atom stereocenters. The summed E-state index contributed by atoms with van der Waals surface area (Å²) in [6.07, 6.45) is 3.39. The van der Waals surface area contributed by atoms with Gasteiger partial charge in [-0.15, -0.1) is 0 Å². The summed E-state index contributed by atoms with van der Waals surface area (Å²) in [7, 11) is 0. The monoisotopic (exact) mass is 262 g/mol. The van der Waals surface area contributed by atoms with Gasteiger partial charge in [0.15, 0.2) is 0 Å². The molecule has 0 radical (unpaired) electrons. The van der Waals surface area contributed by atoms with Gasteiger partial charge in [0.1, 0.15) is 5.75 Å². The third-order valence-electron chi connectivity index (χ3n) is 4.31. The molecule has 19 heavy (non-hydrogen) atoms. The maximum atomic E-state index is 10.6. The van der Waals surface area contributed by atoms with E-state index in [1.165, 1.54) is 12.8 Å². The van der Waals surface area contributed by atoms with Crippen molar-refractivity contribution in [2.75, 3.05) is 0 Å². The molecule has 0 amide bonds. The molecule has 2 rings (SSSR count). The molecule has 0 bridgehead atoms. The summed E-state index contributed by atoms with van der Waals surface area (Å²) in [5.41, 5.74) is 1.25. The highest BCUT2D eigenvalue weighted by molar-refractivity contribution is 5.29. The lowest BCUT2D eigenvalue weighted by atomic mass is 9.77. The van der Waals surface area contributed by atoms with Crippen LogP contribution in [0.2, 0.25) is 0 Å². The van der Waals surface area contributed by atoms with E-state index in [2.05, 4.69) is 13.8 Å². The van der Waals surface area contributed by atoms with Crippen molar-refractivity contribution in [3.05, 3.63) is 29.8 Å². The normalized spacial score (nSPS) is 23.6. The Morgan fingerprint density at radius 3 is 2.32 bits per heavy atom. The Bertz CT molecular complexity index is 406. The van der Waals surface area contributed by atoms with Crippen LogP contribution in [0.3, 0.4) is 0 Å². The second-order valence-corrected chi connectivity index (χ2v) is 6.67. The van der Waals surface area contributed by atoms with Crippen LogP contribution in [-0.2, 0) is 0 Å². The maximum Gasteiger partial charge on any atom is 0.119 e. The lowest BCUT2D eigenvalue weighted by molar-refractivity contribution is 0.0531. The van der Waals surface area contributed by atoms with Crippen molar-refractivity contribution in [3.63, 3.8) is 0 Å². The van der Waals surface area contributed by atoms with E-state index in [1.807, 2.05) is 38.1 Å². The van der Waals surface area contributed by atoms with E-state index in [9.17, 15) is 5.11 Å². The zero-order valence-electron chi connectivity index (χ0n) is 12.5. The van der Waals surface area contributed by atoms with Crippen LogP contribution >= 0.6 is 0 Å². The van der Waals surface area contributed by atoms with Crippen molar-refractivity contribution in [3.8, 4) is 5.75 Å². The fourth-order valence-electron chi connectivity index (χ4n) is 3.19. The Labute approximate surface area is 116 Å². The third-order valence-corrected chi connectivity index (χ3v) is 4.31. The summed E-state index contributed by atoms with van der Waals surface area (Å²) in [5.74, 6) is 1.24. The van der Waals surface area contributed by atoms with Crippen molar-refractivity contribution >= 4 is 0 Å². The van der Waals surface area contributed by atoms with Crippen molar-refractivity contribution in [2.45, 2.75) is 59.2 Å². The predicted molar refractivity (Wildman–Crippen MR) is 78.3 cm³/mol. The van der Waals surface area contributed by atoms with Crippen LogP contribution in [-0.4, -0.2) is 11.2 Å². The van der Waals surface area contributed by atoms with Gasteiger partial charge in [-0.2, -0.15) is 0 Å². The summed E-state index contributed by atoms with van der Waals surface area (Å²) in [6, 6.07) is 7.91. The smallest absolute Gasteiger partial charge is 0.119 e. The Kier molecular flexibility index (Phi) is 4.19. The molecule has 0 heterocycles. The van der Waals surface area contributed by atoms with Crippen molar-refractivity contribution < 1.29 is 9.84 Å². The van der Waals surface area contributed by atoms with Crippen molar-refractivity contribution in [1.82, 2.24) is 0 Å². The van der Waals surface area contributed by atoms with E-state index in [4.69, 9.17) is 4.74 Å². The molecule has 0 aliphatic heterocycles. The number of aliphatic hydroxyl groups excluding tert-OH is 1. The second-order valence-electron chi connectivity index (χ2n) is 6.67. The summed E-state index contributed by atoms with van der Waals surface area (Å²) in [6.45, 7) is 8.57. The fourth-order valence-corrected chi connectivity index (χ4v) is 3.19. The molecule has 1 aromatic carbocycles. The summed E-state index contributed by atoms with van der Waals surface area (Å²) >= 11 is 0. The minimum atomic E-state index is -0.356. The van der Waals surface area contributed by atoms with E-state index >= 15 is 0 Å². The molecular weight excluding hydrogens is 236 g/mol. The van der Waals surface area contributed by atoms with E-state index in [-0.39, 0.29) is 17.6 Å². The van der Waals surface area contributed by atoms with Gasteiger partial charge in [-0.25, -0.2) is 0 Å². The molecule has 2 heteroatoms. The van der Waals surface area contributed by atoms with E-state index in [1.54, 1.807) is 0 Å². The zero-order valence-corrected chi connectivity index (χ0v) is 12.5. The number of hydrogen-bond acceptors (Lipinski definition) is 2. The number of aliphatic hydroxyl groups is 1. The van der Waals surface area contributed by atoms with Gasteiger partial charge in [0.2, 0.25) is 0 Å². The van der Waals surface area contributed by atoms with Crippen LogP contribution in [0.5, 0.6) is 5.75 Å². The first-order chi connectivity index (χ1) is 8.90. The van der Waals surface area contributed by atoms with Crippen LogP contribution in [0.15, 0.2) is 24.3 Å². The van der Waals surface area contributed by atoms with Gasteiger partial charge in [-0.05, 0) is 55.7 Å². The molecular formula is C17H26O2. The summed E-state index contributed by atoms with van der Waals surface area (Å²) in [4.78, 5) is 0. The fraction of sp³-hybridized carbons (Fsp3) is 0.647. The molecule has 106 valence electrons. The van der Waals surface area contributed by atoms with Crippen LogP contribution in [0.4, 0.5) is 0 Å². The first-order valence-electron chi connectivity index (χ1n) is 7.35. The molecule has 1 aliphatic carbocycles. The Balaban J connectivity index is 2.09. The molecule has 0 saturated heterocycles. The van der Waals surface area contributed by atoms with Crippen molar-refractivity contribution in [2.24, 2.45) is 11.3 Å². The molecule has 0 aromatic heterocycles. The molecule has 2 nitrogen and oxygen atoms in total. The highest BCUT2D eigenvalue weighted by Crippen LogP contribution is 2.48. The summed E-state index contributed by atoms with van der Waals surface area (Å²) < 4.78 is 5.63. The largest absolute Gasteiger partial charge is 0.491 e. The van der Waals surface area contributed by atoms with Gasteiger partial charge >= 0.3 is 0 Å². The molecule has 0 spiro atoms. The highest BCUT2D eigenvalue weighted by atomic mass is 16.5. The van der Waals surface area contributed by atoms with Gasteiger partial charge in [0.05, 0.1) is 12.2 Å². The lowest BCUT2D eigenvalue weighted by Gasteiger charge is -2.31. The lowest BCUT2D eigenvalue weighted by Crippen LogP contribution is -2.24. The SMILES string of the molecule is CC(C)Oc1ccc(C(O)C2CCCC2(C)C)cc1. The average Bonchev–Trinajstić information content (AvgIpc) is 2.68. The number of hydrogen-bond donors (Lipinski definition) is 1. The minimum Gasteiger partial charge on any atom is -0.491 e. The Hall–Kier alpha value is -1.02. The molecule has 1 fully saturated rings. The molecule has 1 aromatic rings. The first kappa shape index (κ1) is 14.4. The van der Waals surface area contributed by atoms with Gasteiger partial charge in [0.25, 0.3) is 0 Å². The molecule has 1 N–H and O–H groups in total. The van der Waals surface area contributed by atoms with Crippen LogP contribution in [0.1, 0.15) is 58.6 Å². The van der Waals surface area contributed by atoms with Gasteiger partial charge in [0, 0.05) is 0 Å². The first-order valence-corrected chi connectivity index (χ1v) is 7.35. The molecule has 1 aliphatic rings. The van der Waals surface area contributed by atoms with E-state index in [0.29, 0.717) is 5.92 Å². The maximum absolute atomic E-state index is 10.6. The number of benzene rings is 1. The van der Waals surface area contributed by atoms with Gasteiger partial charge < -0.3 is 9.84 Å². The minimum absolute atomic E-state index is 0.185. The van der Waals surface area contributed by atoms with Crippen LogP contribution < -0.4 is 4.74 Å². The van der Waals surface area contributed by atoms with Crippen LogP contribution in [0, 0.1) is 11.3 Å². The zero-order chi connectivity index (χ0) is 14.0. The van der Waals surface area contributed by atoms with E-state index < -0.39 is 0 Å². The number of rotatable bonds is 4. The highest BCUT2D eigenvalue weighted by Gasteiger charge is 2.39. The number of ether oxygens (including phenoxy) is 1. The Morgan fingerprint density at radius 2 is 1.84 bits per heavy atom. The topological polar surface area (TPSA) is 29.5 Å². The van der Waals surface area contributed by atoms with E-state index in [0.717, 1.165) is 17.7 Å². The van der Waals surface area contributed by atoms with Crippen LogP contribution in [0.25, 0.3) is 0 Å². The van der Waals surface area contributed by atoms with Crippen molar-refractivity contribution in [1.29, 1.82) is 0 Å². The van der Waals surface area contributed by atoms with Gasteiger partial charge in [-0.1, -0.05) is 32.4 Å². The van der Waals surface area contributed by atoms with Gasteiger partial charge in [-0.3, -0.25) is 0 Å². The molecule has 2 atom stereocenters. The average molecular weight is 262 g/mol. The predicted octanol–water partition coefficient (Wildman–Crippen LogP) is 4.33.